The van der Waals surface area contributed by atoms with Gasteiger partial charge in [0.1, 0.15) is 6.29 Å². The summed E-state index contributed by atoms with van der Waals surface area (Å²) in [5.41, 5.74) is 3.08. The highest BCUT2D eigenvalue weighted by Crippen LogP contribution is 2.24. The molecule has 0 amide bonds. The van der Waals surface area contributed by atoms with E-state index < -0.39 is 0 Å². The summed E-state index contributed by atoms with van der Waals surface area (Å²) in [6, 6.07) is 22.3. The van der Waals surface area contributed by atoms with Crippen molar-refractivity contribution >= 4 is 17.1 Å². The maximum absolute atomic E-state index is 10.8. The fourth-order valence-corrected chi connectivity index (χ4v) is 2.15. The fraction of sp³-hybridized carbons (Fsp3) is 0. The van der Waals surface area contributed by atoms with E-state index in [9.17, 15) is 4.79 Å². The second-order valence-corrected chi connectivity index (χ2v) is 4.31. The van der Waals surface area contributed by atoms with Gasteiger partial charge in [0.05, 0.1) is 0 Å². The molecule has 1 nitrogen and oxygen atoms in total. The molecule has 3 aromatic rings. The normalized spacial score (nSPS) is 10.4. The van der Waals surface area contributed by atoms with Crippen molar-refractivity contribution in [3.8, 4) is 11.1 Å². The van der Waals surface area contributed by atoms with Crippen molar-refractivity contribution in [2.24, 2.45) is 0 Å². The molecule has 0 spiro atoms. The molecule has 0 atom stereocenters. The molecule has 86 valence electrons. The van der Waals surface area contributed by atoms with Crippen LogP contribution >= 0.6 is 0 Å². The van der Waals surface area contributed by atoms with Gasteiger partial charge in [-0.25, -0.2) is 0 Å². The van der Waals surface area contributed by atoms with Crippen molar-refractivity contribution in [1.29, 1.82) is 0 Å². The van der Waals surface area contributed by atoms with Gasteiger partial charge in [0.25, 0.3) is 0 Å². The average molecular weight is 232 g/mol. The lowest BCUT2D eigenvalue weighted by molar-refractivity contribution is 0.112. The van der Waals surface area contributed by atoms with Gasteiger partial charge in [-0.1, -0.05) is 54.6 Å². The molecule has 0 fully saturated rings. The largest absolute Gasteiger partial charge is 0.298 e. The van der Waals surface area contributed by atoms with Crippen LogP contribution in [0.3, 0.4) is 0 Å². The number of hydrogen-bond acceptors (Lipinski definition) is 1. The maximum Gasteiger partial charge on any atom is 0.150 e. The predicted molar refractivity (Wildman–Crippen MR) is 74.8 cm³/mol. The molecule has 0 saturated heterocycles. The van der Waals surface area contributed by atoms with Crippen molar-refractivity contribution in [1.82, 2.24) is 0 Å². The van der Waals surface area contributed by atoms with E-state index in [1.54, 1.807) is 0 Å². The Morgan fingerprint density at radius 1 is 0.667 bits per heavy atom. The molecule has 0 N–H and O–H groups in total. The second kappa shape index (κ2) is 4.46. The summed E-state index contributed by atoms with van der Waals surface area (Å²) in [5.74, 6) is 0. The van der Waals surface area contributed by atoms with E-state index in [0.717, 1.165) is 17.1 Å². The van der Waals surface area contributed by atoms with Crippen LogP contribution in [0.4, 0.5) is 0 Å². The highest BCUT2D eigenvalue weighted by atomic mass is 16.1. The third-order valence-electron chi connectivity index (χ3n) is 3.11. The zero-order valence-corrected chi connectivity index (χ0v) is 9.84. The summed E-state index contributed by atoms with van der Waals surface area (Å²) in [6.45, 7) is 0. The van der Waals surface area contributed by atoms with Crippen molar-refractivity contribution in [3.63, 3.8) is 0 Å². The molecule has 18 heavy (non-hydrogen) atoms. The van der Waals surface area contributed by atoms with Crippen LogP contribution in [0, 0.1) is 0 Å². The van der Waals surface area contributed by atoms with E-state index in [4.69, 9.17) is 0 Å². The van der Waals surface area contributed by atoms with Crippen molar-refractivity contribution in [3.05, 3.63) is 72.3 Å². The Kier molecular flexibility index (Phi) is 2.66. The van der Waals surface area contributed by atoms with Crippen molar-refractivity contribution < 1.29 is 4.79 Å². The third kappa shape index (κ3) is 1.91. The standard InChI is InChI=1S/C17H12O/c18-12-13-6-7-15-8-9-16(11-17(15)10-13)14-4-2-1-3-5-14/h1-12H. The Bertz CT molecular complexity index is 699. The number of carbonyl (C=O) groups is 1. The molecule has 0 aliphatic carbocycles. The van der Waals surface area contributed by atoms with E-state index >= 15 is 0 Å². The van der Waals surface area contributed by atoms with E-state index in [-0.39, 0.29) is 0 Å². The lowest BCUT2D eigenvalue weighted by atomic mass is 10.0. The Balaban J connectivity index is 2.18. The van der Waals surface area contributed by atoms with Gasteiger partial charge in [-0.05, 0) is 34.0 Å². The molecule has 0 aromatic heterocycles. The summed E-state index contributed by atoms with van der Waals surface area (Å²) in [4.78, 5) is 10.8. The fourth-order valence-electron chi connectivity index (χ4n) is 2.15. The number of carbonyl (C=O) groups excluding carboxylic acids is 1. The van der Waals surface area contributed by atoms with E-state index in [2.05, 4.69) is 30.3 Å². The molecule has 3 aromatic carbocycles. The average Bonchev–Trinajstić information content (AvgIpc) is 2.47. The zero-order chi connectivity index (χ0) is 12.4. The molecule has 0 aliphatic rings. The lowest BCUT2D eigenvalue weighted by Crippen LogP contribution is -1.82. The molecule has 0 bridgehead atoms. The van der Waals surface area contributed by atoms with E-state index in [1.165, 1.54) is 11.1 Å². The highest BCUT2D eigenvalue weighted by molar-refractivity contribution is 5.91. The molecular formula is C17H12O. The van der Waals surface area contributed by atoms with Crippen LogP contribution in [0.2, 0.25) is 0 Å². The SMILES string of the molecule is O=Cc1ccc2ccc(-c3ccccc3)cc2c1. The maximum atomic E-state index is 10.8. The molecule has 0 radical (unpaired) electrons. The minimum absolute atomic E-state index is 0.715. The number of hydrogen-bond donors (Lipinski definition) is 0. The highest BCUT2D eigenvalue weighted by Gasteiger charge is 2.00. The molecule has 3 rings (SSSR count). The first-order valence-electron chi connectivity index (χ1n) is 5.91. The van der Waals surface area contributed by atoms with Gasteiger partial charge in [-0.3, -0.25) is 4.79 Å². The quantitative estimate of drug-likeness (QED) is 0.601. The minimum Gasteiger partial charge on any atom is -0.298 e. The summed E-state index contributed by atoms with van der Waals surface area (Å²) >= 11 is 0. The second-order valence-electron chi connectivity index (χ2n) is 4.31. The monoisotopic (exact) mass is 232 g/mol. The first kappa shape index (κ1) is 10.7. The summed E-state index contributed by atoms with van der Waals surface area (Å²) < 4.78 is 0. The van der Waals surface area contributed by atoms with Gasteiger partial charge in [0.2, 0.25) is 0 Å². The van der Waals surface area contributed by atoms with Crippen molar-refractivity contribution in [2.75, 3.05) is 0 Å². The number of fused-ring (bicyclic) bond motifs is 1. The summed E-state index contributed by atoms with van der Waals surface area (Å²) in [7, 11) is 0. The molecular weight excluding hydrogens is 220 g/mol. The van der Waals surface area contributed by atoms with Gasteiger partial charge < -0.3 is 0 Å². The van der Waals surface area contributed by atoms with Crippen molar-refractivity contribution in [2.45, 2.75) is 0 Å². The molecule has 0 unspecified atom stereocenters. The first-order chi connectivity index (χ1) is 8.86. The van der Waals surface area contributed by atoms with Crippen LogP contribution in [-0.4, -0.2) is 6.29 Å². The van der Waals surface area contributed by atoms with Crippen LogP contribution < -0.4 is 0 Å². The van der Waals surface area contributed by atoms with Gasteiger partial charge >= 0.3 is 0 Å². The van der Waals surface area contributed by atoms with E-state index in [1.807, 2.05) is 36.4 Å². The van der Waals surface area contributed by atoms with Crippen LogP contribution in [0.15, 0.2) is 66.7 Å². The molecule has 0 heterocycles. The van der Waals surface area contributed by atoms with Gasteiger partial charge in [-0.15, -0.1) is 0 Å². The van der Waals surface area contributed by atoms with Gasteiger partial charge in [-0.2, -0.15) is 0 Å². The Hall–Kier alpha value is -2.41. The minimum atomic E-state index is 0.715. The van der Waals surface area contributed by atoms with Gasteiger partial charge in [0, 0.05) is 5.56 Å². The summed E-state index contributed by atoms with van der Waals surface area (Å²) in [6.07, 6.45) is 0.884. The van der Waals surface area contributed by atoms with E-state index in [0.29, 0.717) is 5.56 Å². The number of aldehydes is 1. The van der Waals surface area contributed by atoms with Crippen LogP contribution in [0.25, 0.3) is 21.9 Å². The zero-order valence-electron chi connectivity index (χ0n) is 9.84. The Morgan fingerprint density at radius 3 is 2.22 bits per heavy atom. The summed E-state index contributed by atoms with van der Waals surface area (Å²) in [5, 5.41) is 2.25. The van der Waals surface area contributed by atoms with Crippen LogP contribution in [-0.2, 0) is 0 Å². The Morgan fingerprint density at radius 2 is 1.44 bits per heavy atom. The number of benzene rings is 3. The van der Waals surface area contributed by atoms with Crippen LogP contribution in [0.5, 0.6) is 0 Å². The van der Waals surface area contributed by atoms with Gasteiger partial charge in [0.15, 0.2) is 0 Å². The third-order valence-corrected chi connectivity index (χ3v) is 3.11. The first-order valence-corrected chi connectivity index (χ1v) is 5.91. The molecule has 0 saturated carbocycles. The number of rotatable bonds is 2. The molecule has 0 aliphatic heterocycles. The Labute approximate surface area is 106 Å². The smallest absolute Gasteiger partial charge is 0.150 e. The van der Waals surface area contributed by atoms with Crippen LogP contribution in [0.1, 0.15) is 10.4 Å². The predicted octanol–water partition coefficient (Wildman–Crippen LogP) is 4.32. The molecule has 1 heteroatoms. The topological polar surface area (TPSA) is 17.1 Å². The lowest BCUT2D eigenvalue weighted by Gasteiger charge is -2.04.